The third-order valence-corrected chi connectivity index (χ3v) is 4.32. The van der Waals surface area contributed by atoms with Crippen LogP contribution in [0.4, 0.5) is 0 Å². The van der Waals surface area contributed by atoms with Crippen LogP contribution < -0.4 is 5.73 Å². The number of benzene rings is 2. The zero-order valence-electron chi connectivity index (χ0n) is 12.0. The molecule has 0 saturated heterocycles. The summed E-state index contributed by atoms with van der Waals surface area (Å²) < 4.78 is 2.08. The summed E-state index contributed by atoms with van der Waals surface area (Å²) >= 11 is 0. The van der Waals surface area contributed by atoms with Gasteiger partial charge in [0.25, 0.3) is 0 Å². The molecule has 0 radical (unpaired) electrons. The molecule has 3 aromatic rings. The lowest BCUT2D eigenvalue weighted by Crippen LogP contribution is -1.99. The smallest absolute Gasteiger partial charge is 0.0568 e. The number of nitrogens with zero attached hydrogens (tertiary/aromatic N) is 2. The SMILES string of the molecule is NCc1ccc(-c2cnn(CC3CC3)c2)c2ccccc12. The lowest BCUT2D eigenvalue weighted by Gasteiger charge is -2.08. The fourth-order valence-corrected chi connectivity index (χ4v) is 2.96. The monoisotopic (exact) mass is 277 g/mol. The summed E-state index contributed by atoms with van der Waals surface area (Å²) in [7, 11) is 0. The van der Waals surface area contributed by atoms with Gasteiger partial charge in [0.2, 0.25) is 0 Å². The van der Waals surface area contributed by atoms with E-state index in [0.29, 0.717) is 6.54 Å². The third kappa shape index (κ3) is 2.34. The maximum absolute atomic E-state index is 5.85. The number of hydrogen-bond donors (Lipinski definition) is 1. The molecule has 0 unspecified atom stereocenters. The van der Waals surface area contributed by atoms with Crippen molar-refractivity contribution < 1.29 is 0 Å². The van der Waals surface area contributed by atoms with E-state index in [9.17, 15) is 0 Å². The van der Waals surface area contributed by atoms with Gasteiger partial charge in [-0.2, -0.15) is 5.10 Å². The fourth-order valence-electron chi connectivity index (χ4n) is 2.96. The standard InChI is InChI=1S/C18H19N3/c19-9-14-7-8-17(18-4-2-1-3-16(14)18)15-10-20-21(12-15)11-13-5-6-13/h1-4,7-8,10,12-13H,5-6,9,11,19H2. The predicted molar refractivity (Wildman–Crippen MR) is 85.8 cm³/mol. The Hall–Kier alpha value is -2.13. The molecule has 1 aromatic heterocycles. The first-order valence-electron chi connectivity index (χ1n) is 7.58. The number of hydrogen-bond acceptors (Lipinski definition) is 2. The lowest BCUT2D eigenvalue weighted by molar-refractivity contribution is 0.563. The van der Waals surface area contributed by atoms with Gasteiger partial charge in [-0.3, -0.25) is 4.68 Å². The number of aromatic nitrogens is 2. The van der Waals surface area contributed by atoms with E-state index in [2.05, 4.69) is 52.4 Å². The first-order chi connectivity index (χ1) is 10.3. The van der Waals surface area contributed by atoms with Crippen molar-refractivity contribution in [1.29, 1.82) is 0 Å². The van der Waals surface area contributed by atoms with Crippen LogP contribution in [0, 0.1) is 5.92 Å². The molecular weight excluding hydrogens is 258 g/mol. The van der Waals surface area contributed by atoms with Crippen molar-refractivity contribution >= 4 is 10.8 Å². The van der Waals surface area contributed by atoms with E-state index >= 15 is 0 Å². The van der Waals surface area contributed by atoms with Crippen LogP contribution in [0.1, 0.15) is 18.4 Å². The van der Waals surface area contributed by atoms with E-state index in [0.717, 1.165) is 12.5 Å². The molecule has 0 atom stereocenters. The van der Waals surface area contributed by atoms with Crippen LogP contribution in [0.5, 0.6) is 0 Å². The van der Waals surface area contributed by atoms with Crippen LogP contribution in [0.15, 0.2) is 48.8 Å². The van der Waals surface area contributed by atoms with Gasteiger partial charge >= 0.3 is 0 Å². The Morgan fingerprint density at radius 3 is 2.67 bits per heavy atom. The van der Waals surface area contributed by atoms with Gasteiger partial charge in [0, 0.05) is 24.8 Å². The first kappa shape index (κ1) is 12.6. The molecule has 1 aliphatic carbocycles. The lowest BCUT2D eigenvalue weighted by atomic mass is 9.97. The van der Waals surface area contributed by atoms with Crippen molar-refractivity contribution in [3.8, 4) is 11.1 Å². The van der Waals surface area contributed by atoms with Crippen molar-refractivity contribution in [3.05, 3.63) is 54.4 Å². The second kappa shape index (κ2) is 5.01. The maximum Gasteiger partial charge on any atom is 0.0568 e. The highest BCUT2D eigenvalue weighted by Gasteiger charge is 2.22. The van der Waals surface area contributed by atoms with Crippen molar-refractivity contribution in [3.63, 3.8) is 0 Å². The molecule has 0 amide bonds. The summed E-state index contributed by atoms with van der Waals surface area (Å²) in [5.41, 5.74) is 9.48. The van der Waals surface area contributed by atoms with Gasteiger partial charge in [-0.05, 0) is 40.7 Å². The van der Waals surface area contributed by atoms with Crippen molar-refractivity contribution in [2.24, 2.45) is 11.7 Å². The number of rotatable bonds is 4. The van der Waals surface area contributed by atoms with Gasteiger partial charge in [-0.1, -0.05) is 36.4 Å². The van der Waals surface area contributed by atoms with Crippen molar-refractivity contribution in [2.45, 2.75) is 25.9 Å². The summed E-state index contributed by atoms with van der Waals surface area (Å²) in [6, 6.07) is 12.8. The molecule has 1 aliphatic rings. The maximum atomic E-state index is 5.85. The predicted octanol–water partition coefficient (Wildman–Crippen LogP) is 3.57. The van der Waals surface area contributed by atoms with E-state index in [-0.39, 0.29) is 0 Å². The van der Waals surface area contributed by atoms with Crippen LogP contribution in [0.3, 0.4) is 0 Å². The molecule has 3 nitrogen and oxygen atoms in total. The quantitative estimate of drug-likeness (QED) is 0.792. The van der Waals surface area contributed by atoms with Gasteiger partial charge in [-0.15, -0.1) is 0 Å². The highest BCUT2D eigenvalue weighted by Crippen LogP contribution is 2.33. The molecule has 21 heavy (non-hydrogen) atoms. The molecular formula is C18H19N3. The third-order valence-electron chi connectivity index (χ3n) is 4.32. The molecule has 2 aromatic carbocycles. The van der Waals surface area contributed by atoms with E-state index < -0.39 is 0 Å². The second-order valence-corrected chi connectivity index (χ2v) is 5.92. The Morgan fingerprint density at radius 2 is 1.90 bits per heavy atom. The Balaban J connectivity index is 1.80. The van der Waals surface area contributed by atoms with Crippen molar-refractivity contribution in [2.75, 3.05) is 0 Å². The van der Waals surface area contributed by atoms with Gasteiger partial charge in [-0.25, -0.2) is 0 Å². The fraction of sp³-hybridized carbons (Fsp3) is 0.278. The Kier molecular flexibility index (Phi) is 3.00. The van der Waals surface area contributed by atoms with Crippen molar-refractivity contribution in [1.82, 2.24) is 9.78 Å². The largest absolute Gasteiger partial charge is 0.326 e. The summed E-state index contributed by atoms with van der Waals surface area (Å²) in [6.07, 6.45) is 6.85. The molecule has 3 heteroatoms. The van der Waals surface area contributed by atoms with Gasteiger partial charge in [0.15, 0.2) is 0 Å². The molecule has 0 aliphatic heterocycles. The minimum absolute atomic E-state index is 0.571. The Bertz CT molecular complexity index is 784. The van der Waals surface area contributed by atoms with Crippen LogP contribution in [-0.4, -0.2) is 9.78 Å². The summed E-state index contributed by atoms with van der Waals surface area (Å²) in [4.78, 5) is 0. The molecule has 2 N–H and O–H groups in total. The number of fused-ring (bicyclic) bond motifs is 1. The Labute approximate surface area is 124 Å². The molecule has 1 heterocycles. The van der Waals surface area contributed by atoms with E-state index in [1.54, 1.807) is 0 Å². The van der Waals surface area contributed by atoms with Gasteiger partial charge in [0.05, 0.1) is 6.20 Å². The number of nitrogens with two attached hydrogens (primary N) is 1. The summed E-state index contributed by atoms with van der Waals surface area (Å²) in [5, 5.41) is 7.01. The van der Waals surface area contributed by atoms with Crippen LogP contribution in [0.25, 0.3) is 21.9 Å². The van der Waals surface area contributed by atoms with E-state index in [1.165, 1.54) is 40.3 Å². The molecule has 106 valence electrons. The van der Waals surface area contributed by atoms with Crippen LogP contribution >= 0.6 is 0 Å². The van der Waals surface area contributed by atoms with Crippen LogP contribution in [0.2, 0.25) is 0 Å². The van der Waals surface area contributed by atoms with Gasteiger partial charge < -0.3 is 5.73 Å². The normalized spacial score (nSPS) is 14.7. The molecule has 0 spiro atoms. The minimum Gasteiger partial charge on any atom is -0.326 e. The Morgan fingerprint density at radius 1 is 1.10 bits per heavy atom. The van der Waals surface area contributed by atoms with E-state index in [4.69, 9.17) is 5.73 Å². The minimum atomic E-state index is 0.571. The average Bonchev–Trinajstić information content (AvgIpc) is 3.22. The highest BCUT2D eigenvalue weighted by atomic mass is 15.3. The summed E-state index contributed by atoms with van der Waals surface area (Å²) in [5.74, 6) is 0.842. The molecule has 1 fully saturated rings. The molecule has 4 rings (SSSR count). The van der Waals surface area contributed by atoms with Gasteiger partial charge in [0.1, 0.15) is 0 Å². The summed E-state index contributed by atoms with van der Waals surface area (Å²) in [6.45, 7) is 1.63. The van der Waals surface area contributed by atoms with Crippen LogP contribution in [-0.2, 0) is 13.1 Å². The topological polar surface area (TPSA) is 43.8 Å². The highest BCUT2D eigenvalue weighted by molar-refractivity contribution is 5.98. The van der Waals surface area contributed by atoms with E-state index in [1.807, 2.05) is 6.20 Å². The second-order valence-electron chi connectivity index (χ2n) is 5.92. The molecule has 1 saturated carbocycles. The first-order valence-corrected chi connectivity index (χ1v) is 7.58. The molecule has 0 bridgehead atoms. The zero-order valence-corrected chi connectivity index (χ0v) is 12.0. The average molecular weight is 277 g/mol. The zero-order chi connectivity index (χ0) is 14.2.